The summed E-state index contributed by atoms with van der Waals surface area (Å²) in [6.07, 6.45) is 1.30. The van der Waals surface area contributed by atoms with Crippen LogP contribution in [0.5, 0.6) is 5.75 Å². The molecular weight excluding hydrogens is 302 g/mol. The highest BCUT2D eigenvalue weighted by atomic mass is 16.5. The van der Waals surface area contributed by atoms with Crippen LogP contribution < -0.4 is 10.1 Å². The molecule has 2 heterocycles. The normalized spacial score (nSPS) is 22.8. The molecule has 1 atom stereocenters. The molecule has 24 heavy (non-hydrogen) atoms. The second-order valence-electron chi connectivity index (χ2n) is 6.74. The monoisotopic (exact) mass is 333 g/mol. The number of benzene rings is 1. The summed E-state index contributed by atoms with van der Waals surface area (Å²) in [7, 11) is 1.72. The fourth-order valence-corrected chi connectivity index (χ4v) is 3.75. The Kier molecular flexibility index (Phi) is 6.49. The van der Waals surface area contributed by atoms with Gasteiger partial charge in [-0.05, 0) is 37.6 Å². The molecule has 0 radical (unpaired) electrons. The van der Waals surface area contributed by atoms with Crippen molar-refractivity contribution in [3.8, 4) is 5.75 Å². The first-order valence-electron chi connectivity index (χ1n) is 9.20. The maximum Gasteiger partial charge on any atom is 0.124 e. The van der Waals surface area contributed by atoms with E-state index >= 15 is 0 Å². The molecule has 1 N–H and O–H groups in total. The molecule has 2 saturated heterocycles. The first-order chi connectivity index (χ1) is 11.8. The Labute approximate surface area is 145 Å². The summed E-state index contributed by atoms with van der Waals surface area (Å²) in [6, 6.07) is 7.25. The van der Waals surface area contributed by atoms with E-state index in [-0.39, 0.29) is 0 Å². The number of hydrogen-bond donors (Lipinski definition) is 1. The Morgan fingerprint density at radius 2 is 2.04 bits per heavy atom. The first-order valence-corrected chi connectivity index (χ1v) is 9.20. The smallest absolute Gasteiger partial charge is 0.124 e. The van der Waals surface area contributed by atoms with Gasteiger partial charge < -0.3 is 14.8 Å². The van der Waals surface area contributed by atoms with Gasteiger partial charge >= 0.3 is 0 Å². The lowest BCUT2D eigenvalue weighted by Crippen LogP contribution is -2.50. The standard InChI is InChI=1S/C19H31N3O2/c1-3-24-15-17-12-16(4-5-19(17)23-2)14-21-8-10-22(11-9-21)18-6-7-20-13-18/h4-5,12,18,20H,3,6-11,13-15H2,1-2H3/t18-/m0/s1. The van der Waals surface area contributed by atoms with E-state index in [1.54, 1.807) is 7.11 Å². The third kappa shape index (κ3) is 4.48. The number of ether oxygens (including phenoxy) is 2. The van der Waals surface area contributed by atoms with Crippen molar-refractivity contribution in [1.82, 2.24) is 15.1 Å². The maximum atomic E-state index is 5.57. The van der Waals surface area contributed by atoms with Crippen molar-refractivity contribution in [1.29, 1.82) is 0 Å². The zero-order chi connectivity index (χ0) is 16.8. The topological polar surface area (TPSA) is 37.0 Å². The van der Waals surface area contributed by atoms with Crippen LogP contribution in [0.1, 0.15) is 24.5 Å². The van der Waals surface area contributed by atoms with Crippen molar-refractivity contribution < 1.29 is 9.47 Å². The molecule has 0 aromatic heterocycles. The summed E-state index contributed by atoms with van der Waals surface area (Å²) < 4.78 is 11.0. The molecule has 0 unspecified atom stereocenters. The minimum Gasteiger partial charge on any atom is -0.496 e. The van der Waals surface area contributed by atoms with Gasteiger partial charge in [0.1, 0.15) is 5.75 Å². The van der Waals surface area contributed by atoms with Crippen LogP contribution >= 0.6 is 0 Å². The summed E-state index contributed by atoms with van der Waals surface area (Å²) >= 11 is 0. The molecule has 0 bridgehead atoms. The van der Waals surface area contributed by atoms with Crippen molar-refractivity contribution in [3.05, 3.63) is 29.3 Å². The number of rotatable bonds is 7. The lowest BCUT2D eigenvalue weighted by molar-refractivity contribution is 0.0979. The lowest BCUT2D eigenvalue weighted by Gasteiger charge is -2.37. The molecule has 2 aliphatic heterocycles. The Hall–Kier alpha value is -1.14. The largest absolute Gasteiger partial charge is 0.496 e. The maximum absolute atomic E-state index is 5.57. The van der Waals surface area contributed by atoms with E-state index in [1.807, 2.05) is 6.92 Å². The summed E-state index contributed by atoms with van der Waals surface area (Å²) in [5.41, 5.74) is 2.49. The number of hydrogen-bond acceptors (Lipinski definition) is 5. The zero-order valence-corrected chi connectivity index (χ0v) is 15.1. The summed E-state index contributed by atoms with van der Waals surface area (Å²) in [5.74, 6) is 0.922. The molecule has 134 valence electrons. The third-order valence-corrected chi connectivity index (χ3v) is 5.17. The van der Waals surface area contributed by atoms with Crippen molar-refractivity contribution in [2.75, 3.05) is 53.0 Å². The Bertz CT molecular complexity index is 509. The number of nitrogens with zero attached hydrogens (tertiary/aromatic N) is 2. The fourth-order valence-electron chi connectivity index (χ4n) is 3.75. The highest BCUT2D eigenvalue weighted by molar-refractivity contribution is 5.37. The zero-order valence-electron chi connectivity index (χ0n) is 15.1. The fraction of sp³-hybridized carbons (Fsp3) is 0.684. The second-order valence-corrected chi connectivity index (χ2v) is 6.74. The highest BCUT2D eigenvalue weighted by Gasteiger charge is 2.25. The molecule has 5 nitrogen and oxygen atoms in total. The SMILES string of the molecule is CCOCc1cc(CN2CCN([C@H]3CCNC3)CC2)ccc1OC. The first kappa shape index (κ1) is 17.7. The van der Waals surface area contributed by atoms with Gasteiger partial charge in [0.15, 0.2) is 0 Å². The quantitative estimate of drug-likeness (QED) is 0.822. The van der Waals surface area contributed by atoms with E-state index in [2.05, 4.69) is 33.3 Å². The Morgan fingerprint density at radius 3 is 2.71 bits per heavy atom. The summed E-state index contributed by atoms with van der Waals surface area (Å²) in [4.78, 5) is 5.22. The van der Waals surface area contributed by atoms with Crippen LogP contribution in [0.25, 0.3) is 0 Å². The van der Waals surface area contributed by atoms with Gasteiger partial charge in [-0.3, -0.25) is 9.80 Å². The molecule has 3 rings (SSSR count). The molecule has 2 fully saturated rings. The van der Waals surface area contributed by atoms with Crippen LogP contribution in [-0.4, -0.2) is 68.8 Å². The number of methoxy groups -OCH3 is 1. The molecule has 0 saturated carbocycles. The molecule has 2 aliphatic rings. The lowest BCUT2D eigenvalue weighted by atomic mass is 10.1. The van der Waals surface area contributed by atoms with Gasteiger partial charge in [0.25, 0.3) is 0 Å². The van der Waals surface area contributed by atoms with Crippen LogP contribution in [0.4, 0.5) is 0 Å². The van der Waals surface area contributed by atoms with Crippen LogP contribution in [-0.2, 0) is 17.9 Å². The van der Waals surface area contributed by atoms with Gasteiger partial charge in [0, 0.05) is 57.5 Å². The molecule has 1 aromatic carbocycles. The average Bonchev–Trinajstić information content (AvgIpc) is 3.15. The minimum atomic E-state index is 0.621. The Balaban J connectivity index is 1.54. The van der Waals surface area contributed by atoms with E-state index in [1.165, 1.54) is 38.2 Å². The van der Waals surface area contributed by atoms with Gasteiger partial charge in [0.05, 0.1) is 13.7 Å². The van der Waals surface area contributed by atoms with Crippen molar-refractivity contribution in [2.45, 2.75) is 32.5 Å². The van der Waals surface area contributed by atoms with Crippen LogP contribution in [0.3, 0.4) is 0 Å². The van der Waals surface area contributed by atoms with E-state index in [0.29, 0.717) is 6.61 Å². The minimum absolute atomic E-state index is 0.621. The van der Waals surface area contributed by atoms with E-state index in [9.17, 15) is 0 Å². The van der Waals surface area contributed by atoms with Gasteiger partial charge in [-0.2, -0.15) is 0 Å². The van der Waals surface area contributed by atoms with Gasteiger partial charge in [-0.1, -0.05) is 6.07 Å². The molecule has 0 aliphatic carbocycles. The predicted octanol–water partition coefficient (Wildman–Crippen LogP) is 1.71. The van der Waals surface area contributed by atoms with Gasteiger partial charge in [0.2, 0.25) is 0 Å². The Morgan fingerprint density at radius 1 is 1.21 bits per heavy atom. The average molecular weight is 333 g/mol. The second kappa shape index (κ2) is 8.81. The highest BCUT2D eigenvalue weighted by Crippen LogP contribution is 2.22. The molecule has 1 aromatic rings. The van der Waals surface area contributed by atoms with E-state index < -0.39 is 0 Å². The van der Waals surface area contributed by atoms with E-state index in [0.717, 1.165) is 43.6 Å². The molecule has 0 spiro atoms. The summed E-state index contributed by atoms with van der Waals surface area (Å²) in [6.45, 7) is 11.4. The van der Waals surface area contributed by atoms with Crippen LogP contribution in [0.15, 0.2) is 18.2 Å². The molecule has 0 amide bonds. The molecule has 5 heteroatoms. The number of piperazine rings is 1. The van der Waals surface area contributed by atoms with Crippen LogP contribution in [0, 0.1) is 0 Å². The van der Waals surface area contributed by atoms with Gasteiger partial charge in [-0.15, -0.1) is 0 Å². The summed E-state index contributed by atoms with van der Waals surface area (Å²) in [5, 5.41) is 3.48. The van der Waals surface area contributed by atoms with Crippen molar-refractivity contribution >= 4 is 0 Å². The predicted molar refractivity (Wildman–Crippen MR) is 96.4 cm³/mol. The van der Waals surface area contributed by atoms with Gasteiger partial charge in [-0.25, -0.2) is 0 Å². The van der Waals surface area contributed by atoms with Crippen molar-refractivity contribution in [2.24, 2.45) is 0 Å². The molecular formula is C19H31N3O2. The number of nitrogens with one attached hydrogen (secondary N) is 1. The van der Waals surface area contributed by atoms with E-state index in [4.69, 9.17) is 9.47 Å². The van der Waals surface area contributed by atoms with Crippen molar-refractivity contribution in [3.63, 3.8) is 0 Å². The van der Waals surface area contributed by atoms with Crippen LogP contribution in [0.2, 0.25) is 0 Å². The third-order valence-electron chi connectivity index (χ3n) is 5.17.